The highest BCUT2D eigenvalue weighted by molar-refractivity contribution is 5.98. The molecule has 4 heterocycles. The number of hydrogen-bond donors (Lipinski definition) is 0. The molecule has 0 aliphatic carbocycles. The molecular formula is C31H18N6O. The van der Waals surface area contributed by atoms with E-state index < -0.39 is 0 Å². The molecule has 38 heavy (non-hydrogen) atoms. The largest absolute Gasteiger partial charge is 0.288 e. The molecule has 0 fully saturated rings. The molecule has 0 saturated carbocycles. The Kier molecular flexibility index (Phi) is 4.25. The molecule has 7 heteroatoms. The van der Waals surface area contributed by atoms with Gasteiger partial charge in [-0.3, -0.25) is 13.6 Å². The molecule has 7 nitrogen and oxygen atoms in total. The van der Waals surface area contributed by atoms with Gasteiger partial charge in [-0.25, -0.2) is 19.9 Å². The van der Waals surface area contributed by atoms with Gasteiger partial charge < -0.3 is 0 Å². The first-order valence-electron chi connectivity index (χ1n) is 12.3. The normalized spacial score (nSPS) is 11.8. The number of fused-ring (bicyclic) bond motifs is 9. The third-order valence-corrected chi connectivity index (χ3v) is 6.92. The van der Waals surface area contributed by atoms with E-state index in [-0.39, 0.29) is 11.1 Å². The van der Waals surface area contributed by atoms with Gasteiger partial charge in [0, 0.05) is 11.1 Å². The molecule has 0 aliphatic rings. The third-order valence-electron chi connectivity index (χ3n) is 6.92. The van der Waals surface area contributed by atoms with Crippen molar-refractivity contribution in [2.75, 3.05) is 0 Å². The second-order valence-electron chi connectivity index (χ2n) is 9.15. The molecule has 4 aromatic carbocycles. The van der Waals surface area contributed by atoms with E-state index in [1.165, 1.54) is 0 Å². The number of imidazole rings is 1. The second-order valence-corrected chi connectivity index (χ2v) is 9.15. The molecule has 0 aliphatic heterocycles. The average molecular weight is 491 g/mol. The summed E-state index contributed by atoms with van der Waals surface area (Å²) in [6, 6.07) is 35.3. The van der Waals surface area contributed by atoms with Crippen LogP contribution in [0.25, 0.3) is 67.0 Å². The summed E-state index contributed by atoms with van der Waals surface area (Å²) in [6.07, 6.45) is 0. The third kappa shape index (κ3) is 2.87. The lowest BCUT2D eigenvalue weighted by molar-refractivity contribution is 1.08. The first-order valence-corrected chi connectivity index (χ1v) is 12.3. The van der Waals surface area contributed by atoms with E-state index in [0.29, 0.717) is 28.3 Å². The molecule has 8 rings (SSSR count). The quantitative estimate of drug-likeness (QED) is 0.222. The topological polar surface area (TPSA) is 77.4 Å². The minimum Gasteiger partial charge on any atom is -0.288 e. The van der Waals surface area contributed by atoms with Crippen LogP contribution < -0.4 is 5.56 Å². The van der Waals surface area contributed by atoms with Gasteiger partial charge in [0.1, 0.15) is 11.2 Å². The number of hydrogen-bond acceptors (Lipinski definition) is 5. The molecule has 0 radical (unpaired) electrons. The van der Waals surface area contributed by atoms with Gasteiger partial charge in [-0.2, -0.15) is 0 Å². The number of aromatic nitrogens is 6. The predicted molar refractivity (Wildman–Crippen MR) is 149 cm³/mol. The van der Waals surface area contributed by atoms with Crippen molar-refractivity contribution in [3.05, 3.63) is 120 Å². The molecule has 0 saturated heterocycles. The van der Waals surface area contributed by atoms with Gasteiger partial charge in [-0.1, -0.05) is 84.9 Å². The van der Waals surface area contributed by atoms with Crippen LogP contribution in [0.3, 0.4) is 0 Å². The van der Waals surface area contributed by atoms with Gasteiger partial charge in [0.15, 0.2) is 22.6 Å². The summed E-state index contributed by atoms with van der Waals surface area (Å²) in [7, 11) is 0. The Labute approximate surface area is 215 Å². The zero-order chi connectivity index (χ0) is 25.2. The minimum atomic E-state index is -0.257. The Morgan fingerprint density at radius 2 is 1.05 bits per heavy atom. The fourth-order valence-electron chi connectivity index (χ4n) is 5.22. The van der Waals surface area contributed by atoms with Gasteiger partial charge in [-0.05, 0) is 24.3 Å². The summed E-state index contributed by atoms with van der Waals surface area (Å²) < 4.78 is 3.70. The van der Waals surface area contributed by atoms with Crippen LogP contribution in [0.15, 0.2) is 114 Å². The lowest BCUT2D eigenvalue weighted by Crippen LogP contribution is -2.20. The first-order chi connectivity index (χ1) is 18.8. The van der Waals surface area contributed by atoms with Crippen LogP contribution in [-0.4, -0.2) is 28.7 Å². The smallest absolute Gasteiger partial charge is 0.285 e. The van der Waals surface area contributed by atoms with E-state index in [9.17, 15) is 4.79 Å². The van der Waals surface area contributed by atoms with Crippen molar-refractivity contribution in [2.45, 2.75) is 0 Å². The summed E-state index contributed by atoms with van der Waals surface area (Å²) in [5, 5.41) is 0. The van der Waals surface area contributed by atoms with E-state index in [4.69, 9.17) is 19.9 Å². The highest BCUT2D eigenvalue weighted by atomic mass is 16.1. The monoisotopic (exact) mass is 490 g/mol. The fraction of sp³-hybridized carbons (Fsp3) is 0. The van der Waals surface area contributed by atoms with E-state index in [0.717, 1.165) is 33.2 Å². The zero-order valence-electron chi connectivity index (χ0n) is 20.0. The molecule has 8 aromatic rings. The van der Waals surface area contributed by atoms with Crippen LogP contribution in [0, 0.1) is 0 Å². The van der Waals surface area contributed by atoms with Crippen LogP contribution in [0.1, 0.15) is 0 Å². The number of rotatable bonds is 2. The Hall–Kier alpha value is -5.43. The molecule has 0 spiro atoms. The van der Waals surface area contributed by atoms with Crippen molar-refractivity contribution in [1.82, 2.24) is 28.7 Å². The summed E-state index contributed by atoms with van der Waals surface area (Å²) in [4.78, 5) is 34.0. The molecule has 0 bridgehead atoms. The van der Waals surface area contributed by atoms with Crippen molar-refractivity contribution in [1.29, 1.82) is 0 Å². The fourth-order valence-corrected chi connectivity index (χ4v) is 5.22. The van der Waals surface area contributed by atoms with Crippen LogP contribution in [0.2, 0.25) is 0 Å². The Morgan fingerprint density at radius 1 is 0.474 bits per heavy atom. The molecule has 0 unspecified atom stereocenters. The highest BCUT2D eigenvalue weighted by Crippen LogP contribution is 2.30. The van der Waals surface area contributed by atoms with Crippen molar-refractivity contribution >= 4 is 44.4 Å². The maximum atomic E-state index is 14.3. The SMILES string of the molecule is O=c1c2nc(-c3ccccc3)nc(-c3ccccc3)c2nc2c3nc4ccccc4n3c3ccccc3n12. The average Bonchev–Trinajstić information content (AvgIpc) is 3.38. The Morgan fingerprint density at radius 3 is 1.79 bits per heavy atom. The maximum absolute atomic E-state index is 14.3. The van der Waals surface area contributed by atoms with E-state index in [2.05, 4.69) is 4.40 Å². The number of para-hydroxylation sites is 4. The van der Waals surface area contributed by atoms with Crippen LogP contribution in [0.4, 0.5) is 0 Å². The molecule has 4 aromatic heterocycles. The summed E-state index contributed by atoms with van der Waals surface area (Å²) in [5.41, 5.74) is 7.21. The summed E-state index contributed by atoms with van der Waals surface area (Å²) >= 11 is 0. The van der Waals surface area contributed by atoms with Gasteiger partial charge >= 0.3 is 0 Å². The lowest BCUT2D eigenvalue weighted by atomic mass is 10.1. The minimum absolute atomic E-state index is 0.257. The second kappa shape index (κ2) is 7.78. The van der Waals surface area contributed by atoms with Gasteiger partial charge in [-0.15, -0.1) is 0 Å². The van der Waals surface area contributed by atoms with Crippen molar-refractivity contribution in [2.24, 2.45) is 0 Å². The summed E-state index contributed by atoms with van der Waals surface area (Å²) in [6.45, 7) is 0. The standard InChI is InChI=1S/C31H18N6O/c38-31-27-26(25(19-11-3-1-4-12-19)33-28(34-27)20-13-5-2-6-14-20)35-30-29-32-21-15-7-8-16-22(21)36(29)23-17-9-10-18-24(23)37(30)31/h1-18H. The van der Waals surface area contributed by atoms with Crippen molar-refractivity contribution in [3.8, 4) is 22.6 Å². The van der Waals surface area contributed by atoms with Crippen LogP contribution >= 0.6 is 0 Å². The predicted octanol–water partition coefficient (Wildman–Crippen LogP) is 5.93. The Bertz CT molecular complexity index is 2250. The highest BCUT2D eigenvalue weighted by Gasteiger charge is 2.21. The molecule has 0 N–H and O–H groups in total. The van der Waals surface area contributed by atoms with Gasteiger partial charge in [0.2, 0.25) is 0 Å². The Balaban J connectivity index is 1.62. The molecule has 178 valence electrons. The van der Waals surface area contributed by atoms with Crippen LogP contribution in [-0.2, 0) is 0 Å². The van der Waals surface area contributed by atoms with Gasteiger partial charge in [0.05, 0.1) is 22.1 Å². The van der Waals surface area contributed by atoms with E-state index in [1.807, 2.05) is 109 Å². The van der Waals surface area contributed by atoms with Crippen molar-refractivity contribution in [3.63, 3.8) is 0 Å². The van der Waals surface area contributed by atoms with Crippen LogP contribution in [0.5, 0.6) is 0 Å². The van der Waals surface area contributed by atoms with Crippen molar-refractivity contribution < 1.29 is 0 Å². The maximum Gasteiger partial charge on any atom is 0.285 e. The molecule has 0 atom stereocenters. The summed E-state index contributed by atoms with van der Waals surface area (Å²) in [5.74, 6) is 0.479. The number of nitrogens with zero attached hydrogens (tertiary/aromatic N) is 6. The van der Waals surface area contributed by atoms with E-state index in [1.54, 1.807) is 4.40 Å². The first kappa shape index (κ1) is 20.7. The van der Waals surface area contributed by atoms with E-state index >= 15 is 0 Å². The molecular weight excluding hydrogens is 472 g/mol. The zero-order valence-corrected chi connectivity index (χ0v) is 20.0. The molecule has 0 amide bonds. The number of benzene rings is 4. The van der Waals surface area contributed by atoms with Gasteiger partial charge in [0.25, 0.3) is 5.56 Å². The lowest BCUT2D eigenvalue weighted by Gasteiger charge is -2.13.